The molecule has 1 aliphatic rings. The van der Waals surface area contributed by atoms with E-state index in [-0.39, 0.29) is 18.4 Å². The Balaban J connectivity index is 1.72. The minimum Gasteiger partial charge on any atom is -0.356 e. The fourth-order valence-corrected chi connectivity index (χ4v) is 3.44. The summed E-state index contributed by atoms with van der Waals surface area (Å²) in [4.78, 5) is 28.6. The molecule has 1 saturated heterocycles. The number of aromatic nitrogens is 2. The van der Waals surface area contributed by atoms with Crippen LogP contribution in [0.4, 0.5) is 0 Å². The summed E-state index contributed by atoms with van der Waals surface area (Å²) in [5, 5.41) is 4.17. The third kappa shape index (κ3) is 4.19. The van der Waals surface area contributed by atoms with E-state index in [0.717, 1.165) is 24.1 Å². The van der Waals surface area contributed by atoms with Gasteiger partial charge in [-0.15, -0.1) is 0 Å². The summed E-state index contributed by atoms with van der Waals surface area (Å²) in [6, 6.07) is 9.26. The van der Waals surface area contributed by atoms with E-state index < -0.39 is 12.1 Å². The van der Waals surface area contributed by atoms with Gasteiger partial charge in [-0.3, -0.25) is 14.3 Å². The molecule has 1 aromatic heterocycles. The van der Waals surface area contributed by atoms with Crippen LogP contribution in [-0.2, 0) is 20.9 Å². The number of aryl methyl sites for hydroxylation is 2. The number of amides is 2. The predicted molar refractivity (Wildman–Crippen MR) is 101 cm³/mol. The fourth-order valence-electron chi connectivity index (χ4n) is 3.44. The van der Waals surface area contributed by atoms with Gasteiger partial charge in [-0.1, -0.05) is 24.3 Å². The van der Waals surface area contributed by atoms with Crippen LogP contribution in [0, 0.1) is 6.92 Å². The van der Waals surface area contributed by atoms with Crippen molar-refractivity contribution >= 4 is 11.8 Å². The monoisotopic (exact) mass is 370 g/mol. The Bertz CT molecular complexity index is 790. The van der Waals surface area contributed by atoms with E-state index in [4.69, 9.17) is 4.74 Å². The number of rotatable bonds is 6. The third-order valence-corrected chi connectivity index (χ3v) is 5.05. The standard InChI is InChI=1S/C20H26N4O3/c1-15-8-4-5-9-16(15)18-19(27-14-17(25)23(18)3)20(26)22(2)11-7-13-24-12-6-10-21-24/h4-6,8-10,12,18-19H,7,11,13-14H2,1-3H3/t18-,19+/m1/s1. The summed E-state index contributed by atoms with van der Waals surface area (Å²) in [6.07, 6.45) is 3.73. The molecule has 1 fully saturated rings. The lowest BCUT2D eigenvalue weighted by Crippen LogP contribution is -2.53. The van der Waals surface area contributed by atoms with Crippen LogP contribution in [0.25, 0.3) is 0 Å². The molecule has 0 saturated carbocycles. The van der Waals surface area contributed by atoms with Crippen molar-refractivity contribution in [3.8, 4) is 0 Å². The lowest BCUT2D eigenvalue weighted by molar-refractivity contribution is -0.166. The average Bonchev–Trinajstić information content (AvgIpc) is 3.17. The minimum atomic E-state index is -0.705. The quantitative estimate of drug-likeness (QED) is 0.775. The fraction of sp³-hybridized carbons (Fsp3) is 0.450. The number of likely N-dealkylation sites (N-methyl/N-ethyl adjacent to an activating group) is 2. The van der Waals surface area contributed by atoms with Crippen molar-refractivity contribution in [2.75, 3.05) is 27.2 Å². The van der Waals surface area contributed by atoms with Gasteiger partial charge in [0.2, 0.25) is 5.91 Å². The molecule has 1 aliphatic heterocycles. The predicted octanol–water partition coefficient (Wildman–Crippen LogP) is 1.64. The Morgan fingerprint density at radius 2 is 2.11 bits per heavy atom. The highest BCUT2D eigenvalue weighted by Gasteiger charge is 2.41. The van der Waals surface area contributed by atoms with Gasteiger partial charge in [-0.05, 0) is 30.5 Å². The second-order valence-corrected chi connectivity index (χ2v) is 6.92. The first-order chi connectivity index (χ1) is 13.0. The molecule has 0 unspecified atom stereocenters. The summed E-state index contributed by atoms with van der Waals surface area (Å²) in [6.45, 7) is 3.25. The molecule has 0 radical (unpaired) electrons. The molecule has 2 amide bonds. The second kappa shape index (κ2) is 8.35. The lowest BCUT2D eigenvalue weighted by atomic mass is 9.93. The van der Waals surface area contributed by atoms with Gasteiger partial charge in [0.25, 0.3) is 5.91 Å². The van der Waals surface area contributed by atoms with Crippen molar-refractivity contribution in [2.45, 2.75) is 32.0 Å². The normalized spacial score (nSPS) is 20.0. The first kappa shape index (κ1) is 19.1. The molecule has 3 rings (SSSR count). The number of nitrogens with zero attached hydrogens (tertiary/aromatic N) is 4. The summed E-state index contributed by atoms with van der Waals surface area (Å²) < 4.78 is 7.56. The number of hydrogen-bond donors (Lipinski definition) is 0. The molecular formula is C20H26N4O3. The second-order valence-electron chi connectivity index (χ2n) is 6.92. The molecule has 2 atom stereocenters. The van der Waals surface area contributed by atoms with E-state index in [2.05, 4.69) is 5.10 Å². The van der Waals surface area contributed by atoms with Crippen molar-refractivity contribution in [3.63, 3.8) is 0 Å². The highest BCUT2D eigenvalue weighted by Crippen LogP contribution is 2.31. The van der Waals surface area contributed by atoms with Gasteiger partial charge in [0.05, 0.1) is 6.04 Å². The van der Waals surface area contributed by atoms with Crippen molar-refractivity contribution in [2.24, 2.45) is 0 Å². The number of carbonyl (C=O) groups excluding carboxylic acids is 2. The summed E-state index contributed by atoms with van der Waals surface area (Å²) in [5.41, 5.74) is 1.98. The van der Waals surface area contributed by atoms with Crippen molar-refractivity contribution in [3.05, 3.63) is 53.9 Å². The zero-order valence-electron chi connectivity index (χ0n) is 16.0. The van der Waals surface area contributed by atoms with E-state index in [1.54, 1.807) is 30.1 Å². The van der Waals surface area contributed by atoms with Gasteiger partial charge in [0.15, 0.2) is 6.10 Å². The largest absolute Gasteiger partial charge is 0.356 e. The smallest absolute Gasteiger partial charge is 0.253 e. The van der Waals surface area contributed by atoms with Gasteiger partial charge in [0.1, 0.15) is 6.61 Å². The highest BCUT2D eigenvalue weighted by atomic mass is 16.5. The Kier molecular flexibility index (Phi) is 5.91. The number of carbonyl (C=O) groups is 2. The zero-order valence-corrected chi connectivity index (χ0v) is 16.0. The number of ether oxygens (including phenoxy) is 1. The van der Waals surface area contributed by atoms with Crippen LogP contribution in [0.3, 0.4) is 0 Å². The van der Waals surface area contributed by atoms with Crippen molar-refractivity contribution < 1.29 is 14.3 Å². The molecule has 2 aromatic rings. The Morgan fingerprint density at radius 3 is 2.81 bits per heavy atom. The first-order valence-corrected chi connectivity index (χ1v) is 9.14. The molecule has 7 nitrogen and oxygen atoms in total. The van der Waals surface area contributed by atoms with Crippen LogP contribution in [0.15, 0.2) is 42.7 Å². The third-order valence-electron chi connectivity index (χ3n) is 5.05. The molecule has 0 N–H and O–H groups in total. The summed E-state index contributed by atoms with van der Waals surface area (Å²) in [7, 11) is 3.51. The molecule has 144 valence electrons. The number of morpholine rings is 1. The SMILES string of the molecule is Cc1ccccc1[C@@H]1[C@@H](C(=O)N(C)CCCn2cccn2)OCC(=O)N1C. The van der Waals surface area contributed by atoms with Crippen LogP contribution in [0.2, 0.25) is 0 Å². The van der Waals surface area contributed by atoms with E-state index in [9.17, 15) is 9.59 Å². The topological polar surface area (TPSA) is 67.7 Å². The van der Waals surface area contributed by atoms with Crippen LogP contribution in [-0.4, -0.2) is 64.7 Å². The first-order valence-electron chi connectivity index (χ1n) is 9.14. The van der Waals surface area contributed by atoms with Crippen LogP contribution in [0.1, 0.15) is 23.6 Å². The van der Waals surface area contributed by atoms with Crippen LogP contribution >= 0.6 is 0 Å². The van der Waals surface area contributed by atoms with Gasteiger partial charge in [-0.2, -0.15) is 5.10 Å². The van der Waals surface area contributed by atoms with E-state index in [1.165, 1.54) is 0 Å². The van der Waals surface area contributed by atoms with E-state index in [1.807, 2.05) is 48.1 Å². The summed E-state index contributed by atoms with van der Waals surface area (Å²) in [5.74, 6) is -0.225. The molecule has 2 heterocycles. The van der Waals surface area contributed by atoms with Crippen molar-refractivity contribution in [1.29, 1.82) is 0 Å². The van der Waals surface area contributed by atoms with Gasteiger partial charge >= 0.3 is 0 Å². The maximum absolute atomic E-state index is 13.1. The maximum atomic E-state index is 13.1. The van der Waals surface area contributed by atoms with Crippen LogP contribution < -0.4 is 0 Å². The summed E-state index contributed by atoms with van der Waals surface area (Å²) >= 11 is 0. The highest BCUT2D eigenvalue weighted by molar-refractivity contribution is 5.86. The maximum Gasteiger partial charge on any atom is 0.253 e. The van der Waals surface area contributed by atoms with Gasteiger partial charge < -0.3 is 14.5 Å². The molecular weight excluding hydrogens is 344 g/mol. The van der Waals surface area contributed by atoms with Crippen molar-refractivity contribution in [1.82, 2.24) is 19.6 Å². The zero-order chi connectivity index (χ0) is 19.4. The molecule has 27 heavy (non-hydrogen) atoms. The average molecular weight is 370 g/mol. The molecule has 0 bridgehead atoms. The minimum absolute atomic E-state index is 0.0730. The van der Waals surface area contributed by atoms with E-state index >= 15 is 0 Å². The molecule has 0 aliphatic carbocycles. The number of hydrogen-bond acceptors (Lipinski definition) is 4. The Hall–Kier alpha value is -2.67. The van der Waals surface area contributed by atoms with Crippen LogP contribution in [0.5, 0.6) is 0 Å². The number of benzene rings is 1. The Morgan fingerprint density at radius 1 is 1.33 bits per heavy atom. The van der Waals surface area contributed by atoms with Gasteiger partial charge in [-0.25, -0.2) is 0 Å². The molecule has 1 aromatic carbocycles. The Labute approximate surface area is 159 Å². The van der Waals surface area contributed by atoms with Gasteiger partial charge in [0, 0.05) is 39.6 Å². The van der Waals surface area contributed by atoms with E-state index in [0.29, 0.717) is 6.54 Å². The molecule has 0 spiro atoms. The lowest BCUT2D eigenvalue weighted by Gasteiger charge is -2.40. The molecule has 7 heteroatoms.